The van der Waals surface area contributed by atoms with Gasteiger partial charge in [-0.1, -0.05) is 93.5 Å². The molecule has 0 aliphatic heterocycles. The van der Waals surface area contributed by atoms with Crippen molar-refractivity contribution in [2.75, 3.05) is 6.61 Å². The lowest BCUT2D eigenvalue weighted by molar-refractivity contribution is 0.0309. The van der Waals surface area contributed by atoms with Gasteiger partial charge in [-0.15, -0.1) is 0 Å². The van der Waals surface area contributed by atoms with Gasteiger partial charge in [0.05, 0.1) is 28.4 Å². The van der Waals surface area contributed by atoms with E-state index in [0.29, 0.717) is 11.8 Å². The summed E-state index contributed by atoms with van der Waals surface area (Å²) in [5.41, 5.74) is -0.752. The van der Waals surface area contributed by atoms with Gasteiger partial charge >= 0.3 is 23.9 Å². The van der Waals surface area contributed by atoms with Crippen LogP contribution in [0.3, 0.4) is 0 Å². The van der Waals surface area contributed by atoms with Gasteiger partial charge in [-0.2, -0.15) is 0 Å². The topological polar surface area (TPSA) is 105 Å². The SMILES string of the molecule is CCCCC[C@@H](C)OC(=O)c1c(C(=O)Oc2ccccc2)cc2cc(C(=O)OC[C@@]3(CC)C=CC=CC3)ccc2c1C(=O)Oc1ccccc1. The third kappa shape index (κ3) is 8.74. The van der Waals surface area contributed by atoms with E-state index in [2.05, 4.69) is 13.0 Å². The summed E-state index contributed by atoms with van der Waals surface area (Å²) in [5.74, 6) is -2.70. The monoisotopic (exact) mass is 674 g/mol. The van der Waals surface area contributed by atoms with Crippen LogP contribution < -0.4 is 9.47 Å². The number of hydrogen-bond acceptors (Lipinski definition) is 8. The van der Waals surface area contributed by atoms with Crippen LogP contribution >= 0.6 is 0 Å². The maximum atomic E-state index is 14.1. The molecule has 0 unspecified atom stereocenters. The van der Waals surface area contributed by atoms with Crippen molar-refractivity contribution in [2.45, 2.75) is 65.4 Å². The Balaban J connectivity index is 1.60. The highest BCUT2D eigenvalue weighted by Gasteiger charge is 2.32. The molecule has 0 aromatic heterocycles. The molecule has 2 atom stereocenters. The average molecular weight is 675 g/mol. The Morgan fingerprint density at radius 3 is 2.04 bits per heavy atom. The summed E-state index contributed by atoms with van der Waals surface area (Å²) in [6.07, 6.45) is 12.5. The van der Waals surface area contributed by atoms with Gasteiger partial charge in [0.15, 0.2) is 0 Å². The summed E-state index contributed by atoms with van der Waals surface area (Å²) < 4.78 is 23.1. The lowest BCUT2D eigenvalue weighted by atomic mass is 9.80. The molecule has 4 aromatic carbocycles. The van der Waals surface area contributed by atoms with E-state index in [1.807, 2.05) is 25.2 Å². The number of benzene rings is 4. The van der Waals surface area contributed by atoms with Crippen molar-refractivity contribution in [3.05, 3.63) is 131 Å². The molecule has 50 heavy (non-hydrogen) atoms. The van der Waals surface area contributed by atoms with E-state index in [0.717, 1.165) is 32.1 Å². The van der Waals surface area contributed by atoms with Crippen molar-refractivity contribution in [1.29, 1.82) is 0 Å². The fourth-order valence-corrected chi connectivity index (χ4v) is 5.87. The summed E-state index contributed by atoms with van der Waals surface area (Å²) >= 11 is 0. The van der Waals surface area contributed by atoms with Crippen LogP contribution in [0.1, 0.15) is 101 Å². The predicted octanol–water partition coefficient (Wildman–Crippen LogP) is 9.47. The quantitative estimate of drug-likeness (QED) is 0.0740. The summed E-state index contributed by atoms with van der Waals surface area (Å²) in [7, 11) is 0. The lowest BCUT2D eigenvalue weighted by Gasteiger charge is -2.29. The molecule has 5 rings (SSSR count). The number of fused-ring (bicyclic) bond motifs is 1. The molecule has 0 amide bonds. The van der Waals surface area contributed by atoms with Crippen molar-refractivity contribution in [3.63, 3.8) is 0 Å². The van der Waals surface area contributed by atoms with Crippen LogP contribution in [-0.2, 0) is 9.47 Å². The molecule has 0 spiro atoms. The molecule has 0 heterocycles. The minimum atomic E-state index is -0.882. The highest BCUT2D eigenvalue weighted by molar-refractivity contribution is 6.19. The molecule has 8 nitrogen and oxygen atoms in total. The zero-order valence-electron chi connectivity index (χ0n) is 28.7. The van der Waals surface area contributed by atoms with E-state index in [9.17, 15) is 19.2 Å². The average Bonchev–Trinajstić information content (AvgIpc) is 3.14. The van der Waals surface area contributed by atoms with E-state index in [4.69, 9.17) is 18.9 Å². The zero-order chi connectivity index (χ0) is 35.5. The Bertz CT molecular complexity index is 1890. The molecule has 0 saturated heterocycles. The standard InChI is InChI=1S/C42H42O8/c1-4-6-10-17-29(3)48-40(45)37-35(39(44)49-32-18-11-7-12-19-32)27-31-26-30(38(43)47-28-42(5-2)24-15-9-16-25-42)22-23-34(31)36(37)41(46)50-33-20-13-8-14-21-33/h7-9,11-16,18-24,26-27,29H,4-6,10,17,25,28H2,1-3H3/t29-,42+/m1/s1. The molecular formula is C42H42O8. The normalized spacial score (nSPS) is 15.7. The minimum absolute atomic E-state index is 0.180. The van der Waals surface area contributed by atoms with Crippen molar-refractivity contribution in [2.24, 2.45) is 5.41 Å². The molecule has 8 heteroatoms. The number of carbonyl (C=O) groups is 4. The first-order valence-electron chi connectivity index (χ1n) is 17.1. The first-order valence-corrected chi connectivity index (χ1v) is 17.1. The molecule has 258 valence electrons. The third-order valence-corrected chi connectivity index (χ3v) is 8.85. The van der Waals surface area contributed by atoms with Gasteiger partial charge in [-0.05, 0) is 85.8 Å². The van der Waals surface area contributed by atoms with E-state index in [-0.39, 0.29) is 51.2 Å². The lowest BCUT2D eigenvalue weighted by Crippen LogP contribution is -2.26. The maximum Gasteiger partial charge on any atom is 0.345 e. The van der Waals surface area contributed by atoms with Gasteiger partial charge in [0.2, 0.25) is 0 Å². The third-order valence-electron chi connectivity index (χ3n) is 8.85. The van der Waals surface area contributed by atoms with Crippen molar-refractivity contribution < 1.29 is 38.1 Å². The van der Waals surface area contributed by atoms with Crippen molar-refractivity contribution in [3.8, 4) is 11.5 Å². The first kappa shape index (κ1) is 35.8. The number of esters is 4. The van der Waals surface area contributed by atoms with Gasteiger partial charge in [-0.25, -0.2) is 19.2 Å². The van der Waals surface area contributed by atoms with Crippen LogP contribution in [0.2, 0.25) is 0 Å². The Labute approximate surface area is 292 Å². The summed E-state index contributed by atoms with van der Waals surface area (Å²) in [4.78, 5) is 55.4. The second kappa shape index (κ2) is 16.7. The van der Waals surface area contributed by atoms with Gasteiger partial charge in [0.25, 0.3) is 0 Å². The summed E-state index contributed by atoms with van der Waals surface area (Å²) in [5, 5.41) is 0.618. The molecular weight excluding hydrogens is 632 g/mol. The molecule has 1 aliphatic carbocycles. The molecule has 0 saturated carbocycles. The Morgan fingerprint density at radius 2 is 1.42 bits per heavy atom. The highest BCUT2D eigenvalue weighted by Crippen LogP contribution is 2.34. The highest BCUT2D eigenvalue weighted by atomic mass is 16.6. The maximum absolute atomic E-state index is 14.1. The van der Waals surface area contributed by atoms with E-state index in [1.54, 1.807) is 73.7 Å². The first-order chi connectivity index (χ1) is 24.2. The molecule has 1 aliphatic rings. The number of unbranched alkanes of at least 4 members (excludes halogenated alkanes) is 2. The summed E-state index contributed by atoms with van der Waals surface area (Å²) in [6, 6.07) is 22.9. The molecule has 4 aromatic rings. The predicted molar refractivity (Wildman–Crippen MR) is 192 cm³/mol. The van der Waals surface area contributed by atoms with Crippen LogP contribution in [0, 0.1) is 5.41 Å². The fraction of sp³-hybridized carbons (Fsp3) is 0.286. The molecule has 0 fully saturated rings. The number of carbonyl (C=O) groups excluding carboxylic acids is 4. The van der Waals surface area contributed by atoms with Crippen molar-refractivity contribution >= 4 is 34.6 Å². The van der Waals surface area contributed by atoms with Crippen molar-refractivity contribution in [1.82, 2.24) is 0 Å². The Kier molecular flexibility index (Phi) is 12.0. The number of hydrogen-bond donors (Lipinski definition) is 0. The number of ether oxygens (including phenoxy) is 4. The van der Waals surface area contributed by atoms with Crippen LogP contribution in [0.5, 0.6) is 11.5 Å². The second-order valence-electron chi connectivity index (χ2n) is 12.5. The van der Waals surface area contributed by atoms with Crippen LogP contribution in [0.4, 0.5) is 0 Å². The molecule has 0 bridgehead atoms. The largest absolute Gasteiger partial charge is 0.461 e. The smallest absolute Gasteiger partial charge is 0.345 e. The van der Waals surface area contributed by atoms with Gasteiger partial charge in [0, 0.05) is 5.41 Å². The van der Waals surface area contributed by atoms with E-state index >= 15 is 0 Å². The Hall–Kier alpha value is -5.50. The Morgan fingerprint density at radius 1 is 0.740 bits per heavy atom. The molecule has 0 N–H and O–H groups in total. The van der Waals surface area contributed by atoms with Gasteiger partial charge in [-0.3, -0.25) is 0 Å². The van der Waals surface area contributed by atoms with Gasteiger partial charge < -0.3 is 18.9 Å². The number of rotatable bonds is 14. The van der Waals surface area contributed by atoms with E-state index in [1.165, 1.54) is 18.2 Å². The molecule has 0 radical (unpaired) electrons. The van der Waals surface area contributed by atoms with Crippen LogP contribution in [-0.4, -0.2) is 36.6 Å². The zero-order valence-corrected chi connectivity index (χ0v) is 28.7. The van der Waals surface area contributed by atoms with Gasteiger partial charge in [0.1, 0.15) is 18.1 Å². The second-order valence-corrected chi connectivity index (χ2v) is 12.5. The van der Waals surface area contributed by atoms with E-state index < -0.39 is 30.0 Å². The minimum Gasteiger partial charge on any atom is -0.461 e. The fourth-order valence-electron chi connectivity index (χ4n) is 5.87. The van der Waals surface area contributed by atoms with Crippen LogP contribution in [0.25, 0.3) is 10.8 Å². The summed E-state index contributed by atoms with van der Waals surface area (Å²) in [6.45, 7) is 6.09. The number of para-hydroxylation sites is 2. The van der Waals surface area contributed by atoms with Crippen LogP contribution in [0.15, 0.2) is 109 Å². The number of allylic oxidation sites excluding steroid dienone is 3.